The van der Waals surface area contributed by atoms with E-state index in [9.17, 15) is 4.79 Å². The molecule has 0 spiro atoms. The summed E-state index contributed by atoms with van der Waals surface area (Å²) in [4.78, 5) is 12.4. The molecule has 38 valence electrons. The van der Waals surface area contributed by atoms with Gasteiger partial charge in [0.1, 0.15) is 0 Å². The summed E-state index contributed by atoms with van der Waals surface area (Å²) >= 11 is 3.87. The fraction of sp³-hybridized carbons (Fsp3) is 0. The zero-order chi connectivity index (χ0) is 5.28. The highest BCUT2D eigenvalue weighted by Crippen LogP contribution is 1.95. The Hall–Kier alpha value is -0.160. The Labute approximate surface area is 51.7 Å². The van der Waals surface area contributed by atoms with Gasteiger partial charge >= 0.3 is 4.87 Å². The summed E-state index contributed by atoms with van der Waals surface area (Å²) in [6.45, 7) is 0. The van der Waals surface area contributed by atoms with Gasteiger partial charge in [-0.3, -0.25) is 9.78 Å². The highest BCUT2D eigenvalue weighted by atomic mass is 79.9. The van der Waals surface area contributed by atoms with E-state index in [0.29, 0.717) is 4.73 Å². The van der Waals surface area contributed by atoms with E-state index in [-0.39, 0.29) is 4.87 Å². The SMILES string of the molecule is O=c1[nH]c(Br)ns1. The molecule has 0 unspecified atom stereocenters. The zero-order valence-corrected chi connectivity index (χ0v) is 5.54. The van der Waals surface area contributed by atoms with Gasteiger partial charge in [0, 0.05) is 11.5 Å². The Bertz CT molecular complexity index is 203. The van der Waals surface area contributed by atoms with Crippen molar-refractivity contribution in [2.24, 2.45) is 0 Å². The summed E-state index contributed by atoms with van der Waals surface area (Å²) in [5.74, 6) is 0. The summed E-state index contributed by atoms with van der Waals surface area (Å²) in [6, 6.07) is 0. The van der Waals surface area contributed by atoms with E-state index < -0.39 is 0 Å². The molecule has 0 bridgehead atoms. The first kappa shape index (κ1) is 4.99. The van der Waals surface area contributed by atoms with Crippen LogP contribution in [0.3, 0.4) is 0 Å². The second-order valence-electron chi connectivity index (χ2n) is 0.886. The fourth-order valence-corrected chi connectivity index (χ4v) is 1.09. The number of H-pyrrole nitrogens is 1. The third kappa shape index (κ3) is 1.10. The van der Waals surface area contributed by atoms with Crippen molar-refractivity contribution >= 4 is 27.5 Å². The molecule has 0 aromatic carbocycles. The molecule has 1 N–H and O–H groups in total. The third-order valence-corrected chi connectivity index (χ3v) is 1.57. The number of hydrogen-bond acceptors (Lipinski definition) is 3. The molecular weight excluding hydrogens is 180 g/mol. The first-order valence-corrected chi connectivity index (χ1v) is 3.07. The number of aromatic amines is 1. The zero-order valence-electron chi connectivity index (χ0n) is 3.14. The number of nitrogens with one attached hydrogen (secondary N) is 1. The lowest BCUT2D eigenvalue weighted by molar-refractivity contribution is 1.22. The van der Waals surface area contributed by atoms with Crippen LogP contribution < -0.4 is 4.87 Å². The molecule has 0 saturated heterocycles. The molecule has 1 heterocycles. The van der Waals surface area contributed by atoms with Gasteiger partial charge in [0.2, 0.25) is 0 Å². The van der Waals surface area contributed by atoms with Crippen molar-refractivity contribution in [1.29, 1.82) is 0 Å². The summed E-state index contributed by atoms with van der Waals surface area (Å²) in [5, 5.41) is 0. The Kier molecular flexibility index (Phi) is 1.25. The van der Waals surface area contributed by atoms with E-state index >= 15 is 0 Å². The minimum absolute atomic E-state index is 0.133. The van der Waals surface area contributed by atoms with Crippen LogP contribution in [0.5, 0.6) is 0 Å². The maximum atomic E-state index is 10.2. The van der Waals surface area contributed by atoms with Crippen LogP contribution in [0.2, 0.25) is 0 Å². The number of halogens is 1. The highest BCUT2D eigenvalue weighted by Gasteiger charge is 1.87. The van der Waals surface area contributed by atoms with Crippen LogP contribution in [0.1, 0.15) is 0 Å². The molecule has 0 saturated carbocycles. The van der Waals surface area contributed by atoms with Gasteiger partial charge < -0.3 is 0 Å². The summed E-state index contributed by atoms with van der Waals surface area (Å²) in [6.07, 6.45) is 0. The van der Waals surface area contributed by atoms with E-state index in [1.165, 1.54) is 0 Å². The second kappa shape index (κ2) is 1.75. The van der Waals surface area contributed by atoms with Crippen LogP contribution >= 0.6 is 27.5 Å². The molecule has 0 aliphatic carbocycles. The Morgan fingerprint density at radius 2 is 2.57 bits per heavy atom. The van der Waals surface area contributed by atoms with Crippen molar-refractivity contribution in [2.45, 2.75) is 0 Å². The van der Waals surface area contributed by atoms with Crippen molar-refractivity contribution in [1.82, 2.24) is 9.36 Å². The molecule has 1 aromatic heterocycles. The first-order valence-electron chi connectivity index (χ1n) is 1.50. The first-order chi connectivity index (χ1) is 3.29. The number of aromatic nitrogens is 2. The predicted octanol–water partition coefficient (Wildman–Crippen LogP) is 0.594. The average molecular weight is 181 g/mol. The monoisotopic (exact) mass is 180 g/mol. The van der Waals surface area contributed by atoms with Gasteiger partial charge in [0.15, 0.2) is 4.73 Å². The van der Waals surface area contributed by atoms with Gasteiger partial charge in [-0.05, 0) is 15.9 Å². The van der Waals surface area contributed by atoms with Gasteiger partial charge in [-0.2, -0.15) is 4.37 Å². The van der Waals surface area contributed by atoms with Crippen molar-refractivity contribution in [3.63, 3.8) is 0 Å². The molecule has 7 heavy (non-hydrogen) atoms. The molecule has 0 aliphatic heterocycles. The van der Waals surface area contributed by atoms with Crippen molar-refractivity contribution in [3.8, 4) is 0 Å². The lowest BCUT2D eigenvalue weighted by atomic mass is 11.3. The Balaban J connectivity index is 3.30. The molecule has 0 atom stereocenters. The standard InChI is InChI=1S/C2HBrN2OS/c3-1-4-2(6)7-5-1/h(H,4,5,6). The van der Waals surface area contributed by atoms with Crippen LogP contribution in [-0.2, 0) is 0 Å². The molecule has 0 amide bonds. The van der Waals surface area contributed by atoms with Gasteiger partial charge in [-0.25, -0.2) is 0 Å². The van der Waals surface area contributed by atoms with E-state index in [1.54, 1.807) is 0 Å². The van der Waals surface area contributed by atoms with Crippen LogP contribution in [0.25, 0.3) is 0 Å². The van der Waals surface area contributed by atoms with Crippen LogP contribution in [0, 0.1) is 0 Å². The summed E-state index contributed by atoms with van der Waals surface area (Å²) in [5.41, 5.74) is 0. The van der Waals surface area contributed by atoms with Crippen molar-refractivity contribution in [3.05, 3.63) is 14.4 Å². The molecular formula is C2HBrN2OS. The molecule has 0 radical (unpaired) electrons. The quantitative estimate of drug-likeness (QED) is 0.636. The molecule has 1 rings (SSSR count). The Morgan fingerprint density at radius 3 is 2.71 bits per heavy atom. The van der Waals surface area contributed by atoms with Crippen molar-refractivity contribution in [2.75, 3.05) is 0 Å². The molecule has 0 aliphatic rings. The minimum atomic E-state index is -0.133. The van der Waals surface area contributed by atoms with E-state index in [4.69, 9.17) is 0 Å². The molecule has 1 aromatic rings. The number of nitrogens with zero attached hydrogens (tertiary/aromatic N) is 1. The lowest BCUT2D eigenvalue weighted by Gasteiger charge is -1.62. The number of hydrogen-bond donors (Lipinski definition) is 1. The number of rotatable bonds is 0. The van der Waals surface area contributed by atoms with Gasteiger partial charge in [0.25, 0.3) is 0 Å². The summed E-state index contributed by atoms with van der Waals surface area (Å²) < 4.78 is 4.11. The van der Waals surface area contributed by atoms with Crippen LogP contribution in [0.15, 0.2) is 9.53 Å². The molecule has 3 nitrogen and oxygen atoms in total. The topological polar surface area (TPSA) is 45.8 Å². The normalized spacial score (nSPS) is 9.29. The van der Waals surface area contributed by atoms with Crippen molar-refractivity contribution < 1.29 is 0 Å². The van der Waals surface area contributed by atoms with E-state index in [0.717, 1.165) is 11.5 Å². The van der Waals surface area contributed by atoms with E-state index in [1.807, 2.05) is 0 Å². The van der Waals surface area contributed by atoms with Crippen LogP contribution in [-0.4, -0.2) is 9.36 Å². The molecule has 5 heteroatoms. The average Bonchev–Trinajstić information content (AvgIpc) is 1.87. The largest absolute Gasteiger partial charge is 0.324 e. The van der Waals surface area contributed by atoms with Gasteiger partial charge in [-0.15, -0.1) is 0 Å². The predicted molar refractivity (Wildman–Crippen MR) is 30.4 cm³/mol. The fourth-order valence-electron chi connectivity index (χ4n) is 0.211. The summed E-state index contributed by atoms with van der Waals surface area (Å²) in [7, 11) is 0. The van der Waals surface area contributed by atoms with E-state index in [2.05, 4.69) is 25.3 Å². The second-order valence-corrected chi connectivity index (χ2v) is 2.37. The maximum absolute atomic E-state index is 10.2. The Morgan fingerprint density at radius 1 is 1.86 bits per heavy atom. The lowest BCUT2D eigenvalue weighted by Crippen LogP contribution is -1.89. The smallest absolute Gasteiger partial charge is 0.290 e. The maximum Gasteiger partial charge on any atom is 0.324 e. The van der Waals surface area contributed by atoms with Crippen LogP contribution in [0.4, 0.5) is 0 Å². The molecule has 0 fully saturated rings. The van der Waals surface area contributed by atoms with Gasteiger partial charge in [0.05, 0.1) is 0 Å². The third-order valence-electron chi connectivity index (χ3n) is 0.414. The minimum Gasteiger partial charge on any atom is -0.290 e. The van der Waals surface area contributed by atoms with Gasteiger partial charge in [-0.1, -0.05) is 0 Å². The highest BCUT2D eigenvalue weighted by molar-refractivity contribution is 9.10.